The number of carbonyl (C=O) groups is 2. The predicted octanol–water partition coefficient (Wildman–Crippen LogP) is 3.90. The van der Waals surface area contributed by atoms with Crippen LogP contribution >= 0.6 is 0 Å². The van der Waals surface area contributed by atoms with E-state index in [4.69, 9.17) is 4.74 Å². The molecule has 1 saturated heterocycles. The van der Waals surface area contributed by atoms with Gasteiger partial charge in [-0.1, -0.05) is 12.5 Å². The Labute approximate surface area is 247 Å². The van der Waals surface area contributed by atoms with E-state index in [1.54, 1.807) is 24.3 Å². The van der Waals surface area contributed by atoms with Crippen LogP contribution in [0.3, 0.4) is 0 Å². The Balaban J connectivity index is 1.69. The molecule has 1 aliphatic rings. The highest BCUT2D eigenvalue weighted by Gasteiger charge is 2.32. The lowest BCUT2D eigenvalue weighted by atomic mass is 10.1. The Kier molecular flexibility index (Phi) is 9.82. The molecule has 228 valence electrons. The molecule has 13 heteroatoms. The molecule has 4 rings (SSSR count). The zero-order chi connectivity index (χ0) is 31.1. The number of pyridine rings is 1. The Morgan fingerprint density at radius 3 is 2.60 bits per heavy atom. The van der Waals surface area contributed by atoms with Gasteiger partial charge in [-0.05, 0) is 69.2 Å². The normalized spacial score (nSPS) is 14.0. The number of nitrogens with one attached hydrogen (secondary N) is 4. The molecular formula is C30H34F3N7O3. The van der Waals surface area contributed by atoms with Gasteiger partial charge in [0.2, 0.25) is 5.91 Å². The topological polar surface area (TPSA) is 112 Å². The number of carbonyl (C=O) groups excluding carboxylic acids is 2. The van der Waals surface area contributed by atoms with Crippen LogP contribution in [0.5, 0.6) is 5.75 Å². The molecule has 1 aromatic carbocycles. The average molecular weight is 598 g/mol. The van der Waals surface area contributed by atoms with Crippen molar-refractivity contribution >= 4 is 34.5 Å². The number of halogens is 3. The molecule has 0 bridgehead atoms. The number of methoxy groups -OCH3 is 1. The molecule has 0 atom stereocenters. The number of nitrogens with zero attached hydrogens (tertiary/aromatic N) is 3. The van der Waals surface area contributed by atoms with Gasteiger partial charge in [-0.2, -0.15) is 13.2 Å². The van der Waals surface area contributed by atoms with Crippen molar-refractivity contribution < 1.29 is 27.5 Å². The molecule has 2 amide bonds. The van der Waals surface area contributed by atoms with Crippen LogP contribution in [-0.2, 0) is 11.2 Å². The van der Waals surface area contributed by atoms with Crippen molar-refractivity contribution in [2.45, 2.75) is 31.5 Å². The number of amides is 2. The molecule has 0 saturated carbocycles. The summed E-state index contributed by atoms with van der Waals surface area (Å²) in [5.74, 6) is 5.29. The maximum absolute atomic E-state index is 13.8. The third kappa shape index (κ3) is 7.98. The molecule has 43 heavy (non-hydrogen) atoms. The fourth-order valence-corrected chi connectivity index (χ4v) is 4.78. The maximum Gasteiger partial charge on any atom is 0.394 e. The monoisotopic (exact) mass is 597 g/mol. The van der Waals surface area contributed by atoms with Gasteiger partial charge in [-0.25, -0.2) is 4.98 Å². The molecule has 3 aromatic rings. The summed E-state index contributed by atoms with van der Waals surface area (Å²) in [4.78, 5) is 30.7. The minimum Gasteiger partial charge on any atom is -0.495 e. The van der Waals surface area contributed by atoms with Gasteiger partial charge in [-0.3, -0.25) is 14.0 Å². The quantitative estimate of drug-likeness (QED) is 0.219. The number of rotatable bonds is 9. The Hall–Kier alpha value is -4.70. The van der Waals surface area contributed by atoms with Crippen LogP contribution in [0, 0.1) is 11.8 Å². The number of hydrogen-bond donors (Lipinski definition) is 4. The molecule has 4 N–H and O–H groups in total. The van der Waals surface area contributed by atoms with E-state index in [1.807, 2.05) is 7.05 Å². The minimum absolute atomic E-state index is 0.0281. The number of hydrogen-bond acceptors (Lipinski definition) is 7. The second-order valence-corrected chi connectivity index (χ2v) is 10.1. The molecular weight excluding hydrogens is 563 g/mol. The summed E-state index contributed by atoms with van der Waals surface area (Å²) < 4.78 is 48.0. The van der Waals surface area contributed by atoms with Gasteiger partial charge in [0.25, 0.3) is 5.91 Å². The molecule has 0 aliphatic carbocycles. The van der Waals surface area contributed by atoms with Crippen LogP contribution < -0.4 is 26.0 Å². The number of benzene rings is 1. The standard InChI is InChI=1S/C30H34F3N7O3/c1-5-27(41)37-21-16-24(36-20-10-13-39(3)14-11-20)28-38-22(25(40(28)18-21)17-30(31,32)33)7-6-12-35-23-9-8-19(29(42)34-2)15-26(23)43-4/h5,8-9,15-16,18,20,35-36H,1,10-14,17H2,2-4H3,(H,34,42)(H,37,41). The summed E-state index contributed by atoms with van der Waals surface area (Å²) in [7, 11) is 5.02. The number of aromatic nitrogens is 2. The average Bonchev–Trinajstić information content (AvgIpc) is 3.31. The summed E-state index contributed by atoms with van der Waals surface area (Å²) >= 11 is 0. The predicted molar refractivity (Wildman–Crippen MR) is 160 cm³/mol. The smallest absolute Gasteiger partial charge is 0.394 e. The lowest BCUT2D eigenvalue weighted by molar-refractivity contribution is -0.128. The van der Waals surface area contributed by atoms with E-state index in [0.717, 1.165) is 32.0 Å². The third-order valence-corrected chi connectivity index (χ3v) is 6.98. The summed E-state index contributed by atoms with van der Waals surface area (Å²) in [6.07, 6.45) is -1.63. The van der Waals surface area contributed by atoms with Crippen LogP contribution in [0.4, 0.5) is 30.2 Å². The van der Waals surface area contributed by atoms with Crippen LogP contribution in [0.2, 0.25) is 0 Å². The van der Waals surface area contributed by atoms with E-state index in [-0.39, 0.29) is 35.5 Å². The van der Waals surface area contributed by atoms with Crippen LogP contribution in [0.15, 0.2) is 43.1 Å². The lowest BCUT2D eigenvalue weighted by Crippen LogP contribution is -2.36. The zero-order valence-corrected chi connectivity index (χ0v) is 24.2. The van der Waals surface area contributed by atoms with E-state index in [2.05, 4.69) is 49.6 Å². The molecule has 10 nitrogen and oxygen atoms in total. The van der Waals surface area contributed by atoms with E-state index >= 15 is 0 Å². The first-order valence-electron chi connectivity index (χ1n) is 13.6. The first kappa shape index (κ1) is 31.2. The van der Waals surface area contributed by atoms with E-state index in [9.17, 15) is 22.8 Å². The minimum atomic E-state index is -4.54. The largest absolute Gasteiger partial charge is 0.495 e. The summed E-state index contributed by atoms with van der Waals surface area (Å²) in [6, 6.07) is 6.58. The Bertz CT molecular complexity index is 1560. The van der Waals surface area contributed by atoms with Gasteiger partial charge in [0.15, 0.2) is 5.65 Å². The fraction of sp³-hybridized carbons (Fsp3) is 0.367. The number of imidazole rings is 1. The lowest BCUT2D eigenvalue weighted by Gasteiger charge is -2.30. The summed E-state index contributed by atoms with van der Waals surface area (Å²) in [5, 5.41) is 11.7. The SMILES string of the molecule is C=CC(=O)Nc1cc(NC2CCN(C)CC2)c2nc(C#CCNc3ccc(C(=O)NC)cc3OC)c(CC(F)(F)F)n2c1. The molecule has 1 fully saturated rings. The van der Waals surface area contributed by atoms with Crippen molar-refractivity contribution in [2.75, 3.05) is 56.8 Å². The van der Waals surface area contributed by atoms with Crippen molar-refractivity contribution in [3.8, 4) is 17.6 Å². The van der Waals surface area contributed by atoms with Gasteiger partial charge in [0.1, 0.15) is 11.4 Å². The molecule has 0 radical (unpaired) electrons. The molecule has 0 unspecified atom stereocenters. The Morgan fingerprint density at radius 1 is 1.21 bits per heavy atom. The van der Waals surface area contributed by atoms with Crippen LogP contribution in [-0.4, -0.2) is 79.2 Å². The highest BCUT2D eigenvalue weighted by atomic mass is 19.4. The van der Waals surface area contributed by atoms with Gasteiger partial charge in [0.05, 0.1) is 42.8 Å². The van der Waals surface area contributed by atoms with Gasteiger partial charge < -0.3 is 30.9 Å². The van der Waals surface area contributed by atoms with Gasteiger partial charge in [0, 0.05) is 24.8 Å². The number of anilines is 3. The van der Waals surface area contributed by atoms with Crippen LogP contribution in [0.1, 0.15) is 34.6 Å². The molecule has 3 heterocycles. The number of likely N-dealkylation sites (tertiary alicyclic amines) is 1. The molecule has 1 aliphatic heterocycles. The van der Waals surface area contributed by atoms with Gasteiger partial charge >= 0.3 is 6.18 Å². The number of alkyl halides is 3. The van der Waals surface area contributed by atoms with Crippen molar-refractivity contribution in [1.82, 2.24) is 19.6 Å². The van der Waals surface area contributed by atoms with Crippen molar-refractivity contribution in [2.24, 2.45) is 0 Å². The van der Waals surface area contributed by atoms with E-state index in [0.29, 0.717) is 28.4 Å². The zero-order valence-electron chi connectivity index (χ0n) is 24.2. The third-order valence-electron chi connectivity index (χ3n) is 6.98. The highest BCUT2D eigenvalue weighted by molar-refractivity contribution is 5.99. The molecule has 2 aromatic heterocycles. The number of fused-ring (bicyclic) bond motifs is 1. The van der Waals surface area contributed by atoms with Crippen molar-refractivity contribution in [3.63, 3.8) is 0 Å². The van der Waals surface area contributed by atoms with Crippen molar-refractivity contribution in [1.29, 1.82) is 0 Å². The highest BCUT2D eigenvalue weighted by Crippen LogP contribution is 2.30. The summed E-state index contributed by atoms with van der Waals surface area (Å²) in [6.45, 7) is 5.26. The number of piperidine rings is 1. The van der Waals surface area contributed by atoms with Crippen molar-refractivity contribution in [3.05, 3.63) is 60.1 Å². The maximum atomic E-state index is 13.8. The first-order valence-corrected chi connectivity index (χ1v) is 13.6. The second-order valence-electron chi connectivity index (χ2n) is 10.1. The fourth-order valence-electron chi connectivity index (χ4n) is 4.78. The van der Waals surface area contributed by atoms with E-state index < -0.39 is 18.5 Å². The Morgan fingerprint density at radius 2 is 1.95 bits per heavy atom. The van der Waals surface area contributed by atoms with Crippen LogP contribution in [0.25, 0.3) is 5.65 Å². The second kappa shape index (κ2) is 13.5. The summed E-state index contributed by atoms with van der Waals surface area (Å²) in [5.41, 5.74) is 1.85. The van der Waals surface area contributed by atoms with E-state index in [1.165, 1.54) is 24.8 Å². The number of ether oxygens (including phenoxy) is 1. The van der Waals surface area contributed by atoms with Gasteiger partial charge in [-0.15, -0.1) is 0 Å². The molecule has 0 spiro atoms. The first-order chi connectivity index (χ1) is 20.5.